The van der Waals surface area contributed by atoms with Crippen molar-refractivity contribution in [3.05, 3.63) is 86.2 Å². The second kappa shape index (κ2) is 8.33. The molecule has 1 N–H and O–H groups in total. The molecule has 1 saturated heterocycles. The number of carbonyl (C=O) groups is 2. The summed E-state index contributed by atoms with van der Waals surface area (Å²) in [5.41, 5.74) is 2.86. The molecule has 1 aliphatic heterocycles. The first-order chi connectivity index (χ1) is 14.4. The Balaban J connectivity index is 1.77. The van der Waals surface area contributed by atoms with Gasteiger partial charge in [0.1, 0.15) is 5.57 Å². The van der Waals surface area contributed by atoms with Crippen molar-refractivity contribution in [1.29, 1.82) is 0 Å². The van der Waals surface area contributed by atoms with E-state index in [1.807, 2.05) is 47.2 Å². The predicted molar refractivity (Wildman–Crippen MR) is 131 cm³/mol. The van der Waals surface area contributed by atoms with Gasteiger partial charge in [0.15, 0.2) is 5.11 Å². The number of hydrogen-bond donors (Lipinski definition) is 1. The van der Waals surface area contributed by atoms with E-state index in [1.165, 1.54) is 4.90 Å². The van der Waals surface area contributed by atoms with Crippen LogP contribution in [-0.2, 0) is 9.59 Å². The summed E-state index contributed by atoms with van der Waals surface area (Å²) in [6, 6.07) is 16.9. The Kier molecular flexibility index (Phi) is 5.77. The third-order valence-corrected chi connectivity index (χ3v) is 6.17. The zero-order valence-electron chi connectivity index (χ0n) is 15.7. The molecule has 2 aromatic carbocycles. The molecule has 0 bridgehead atoms. The monoisotopic (exact) mass is 547 g/mol. The van der Waals surface area contributed by atoms with Gasteiger partial charge in [0.2, 0.25) is 0 Å². The minimum atomic E-state index is -0.531. The molecule has 0 aliphatic carbocycles. The molecule has 1 aromatic heterocycles. The van der Waals surface area contributed by atoms with Gasteiger partial charge < -0.3 is 4.57 Å². The van der Waals surface area contributed by atoms with Crippen molar-refractivity contribution < 1.29 is 9.59 Å². The van der Waals surface area contributed by atoms with Crippen LogP contribution < -0.4 is 10.2 Å². The molecule has 4 rings (SSSR count). The van der Waals surface area contributed by atoms with Crippen molar-refractivity contribution >= 4 is 75.1 Å². The molecule has 150 valence electrons. The Morgan fingerprint density at radius 1 is 1.07 bits per heavy atom. The van der Waals surface area contributed by atoms with Gasteiger partial charge in [-0.3, -0.25) is 19.8 Å². The molecule has 2 heterocycles. The smallest absolute Gasteiger partial charge is 0.270 e. The van der Waals surface area contributed by atoms with E-state index in [2.05, 4.69) is 27.9 Å². The first-order valence-electron chi connectivity index (χ1n) is 8.96. The maximum Gasteiger partial charge on any atom is 0.270 e. The van der Waals surface area contributed by atoms with Gasteiger partial charge in [0.25, 0.3) is 11.8 Å². The average molecular weight is 548 g/mol. The Labute approximate surface area is 197 Å². The summed E-state index contributed by atoms with van der Waals surface area (Å²) in [5, 5.41) is 3.15. The van der Waals surface area contributed by atoms with Crippen LogP contribution in [0.3, 0.4) is 0 Å². The van der Waals surface area contributed by atoms with Crippen molar-refractivity contribution in [2.24, 2.45) is 0 Å². The lowest BCUT2D eigenvalue weighted by Gasteiger charge is -2.30. The minimum absolute atomic E-state index is 0.00608. The van der Waals surface area contributed by atoms with E-state index in [0.29, 0.717) is 22.0 Å². The number of nitrogens with zero attached hydrogens (tertiary/aromatic N) is 2. The van der Waals surface area contributed by atoms with Crippen molar-refractivity contribution in [2.75, 3.05) is 4.90 Å². The molecule has 0 saturated carbocycles. The Morgan fingerprint density at radius 2 is 1.80 bits per heavy atom. The highest BCUT2D eigenvalue weighted by Crippen LogP contribution is 2.30. The first-order valence-corrected chi connectivity index (χ1v) is 10.8. The second-order valence-corrected chi connectivity index (χ2v) is 8.66. The fourth-order valence-corrected chi connectivity index (χ4v) is 4.01. The summed E-state index contributed by atoms with van der Waals surface area (Å²) in [5.74, 6) is -1.03. The number of aromatic nitrogens is 1. The third-order valence-electron chi connectivity index (χ3n) is 4.76. The minimum Gasteiger partial charge on any atom is -0.317 e. The Morgan fingerprint density at radius 3 is 2.53 bits per heavy atom. The summed E-state index contributed by atoms with van der Waals surface area (Å²) in [7, 11) is 0. The van der Waals surface area contributed by atoms with E-state index in [4.69, 9.17) is 23.8 Å². The standard InChI is InChI=1S/C22H15ClIN3O2S/c1-13-18(23)5-2-6-19(13)27-21(29)17(20(28)25-22(27)30)12-16-4-3-11-26(16)15-9-7-14(24)8-10-15/h2-12H,1H3,(H,25,28,30)/b17-12+. The molecule has 0 spiro atoms. The van der Waals surface area contributed by atoms with Crippen LogP contribution in [0.1, 0.15) is 11.3 Å². The summed E-state index contributed by atoms with van der Waals surface area (Å²) in [6.45, 7) is 1.80. The number of halogens is 2. The fraction of sp³-hybridized carbons (Fsp3) is 0.0455. The zero-order chi connectivity index (χ0) is 21.4. The van der Waals surface area contributed by atoms with Gasteiger partial charge in [-0.2, -0.15) is 0 Å². The van der Waals surface area contributed by atoms with Crippen LogP contribution in [0, 0.1) is 10.5 Å². The number of thiocarbonyl (C=S) groups is 1. The van der Waals surface area contributed by atoms with E-state index in [-0.39, 0.29) is 10.7 Å². The number of nitrogens with one attached hydrogen (secondary N) is 1. The van der Waals surface area contributed by atoms with Gasteiger partial charge in [0, 0.05) is 26.2 Å². The van der Waals surface area contributed by atoms with E-state index in [0.717, 1.165) is 9.26 Å². The highest BCUT2D eigenvalue weighted by Gasteiger charge is 2.35. The quantitative estimate of drug-likeness (QED) is 0.220. The maximum absolute atomic E-state index is 13.3. The fourth-order valence-electron chi connectivity index (χ4n) is 3.21. The van der Waals surface area contributed by atoms with Gasteiger partial charge in [-0.05, 0) is 102 Å². The van der Waals surface area contributed by atoms with Gasteiger partial charge in [0.05, 0.1) is 5.69 Å². The SMILES string of the molecule is Cc1c(Cl)cccc1N1C(=O)/C(=C/c2cccn2-c2ccc(I)cc2)C(=O)NC1=S. The molecule has 5 nitrogen and oxygen atoms in total. The highest BCUT2D eigenvalue weighted by molar-refractivity contribution is 14.1. The lowest BCUT2D eigenvalue weighted by atomic mass is 10.1. The highest BCUT2D eigenvalue weighted by atomic mass is 127. The van der Waals surface area contributed by atoms with Crippen molar-refractivity contribution in [3.63, 3.8) is 0 Å². The summed E-state index contributed by atoms with van der Waals surface area (Å²) in [6.07, 6.45) is 3.45. The van der Waals surface area contributed by atoms with E-state index in [9.17, 15) is 9.59 Å². The van der Waals surface area contributed by atoms with Gasteiger partial charge in [-0.25, -0.2) is 0 Å². The lowest BCUT2D eigenvalue weighted by Crippen LogP contribution is -2.54. The molecule has 0 radical (unpaired) electrons. The van der Waals surface area contributed by atoms with E-state index < -0.39 is 11.8 Å². The summed E-state index contributed by atoms with van der Waals surface area (Å²) < 4.78 is 3.03. The number of benzene rings is 2. The van der Waals surface area contributed by atoms with Gasteiger partial charge in [-0.1, -0.05) is 17.7 Å². The Hall–Kier alpha value is -2.49. The molecule has 0 atom stereocenters. The maximum atomic E-state index is 13.3. The molecule has 3 aromatic rings. The van der Waals surface area contributed by atoms with Gasteiger partial charge in [-0.15, -0.1) is 0 Å². The van der Waals surface area contributed by atoms with E-state index >= 15 is 0 Å². The van der Waals surface area contributed by atoms with Crippen LogP contribution >= 0.6 is 46.4 Å². The molecule has 0 unspecified atom stereocenters. The van der Waals surface area contributed by atoms with Crippen LogP contribution in [0.15, 0.2) is 66.4 Å². The molecule has 2 amide bonds. The van der Waals surface area contributed by atoms with Crippen LogP contribution in [0.5, 0.6) is 0 Å². The van der Waals surface area contributed by atoms with Crippen molar-refractivity contribution in [1.82, 2.24) is 9.88 Å². The molecule has 8 heteroatoms. The average Bonchev–Trinajstić information content (AvgIpc) is 3.17. The number of rotatable bonds is 3. The number of anilines is 1. The first kappa shape index (κ1) is 20.8. The number of hydrogen-bond acceptors (Lipinski definition) is 3. The predicted octanol–water partition coefficient (Wildman–Crippen LogP) is 4.88. The molecule has 1 fully saturated rings. The molecule has 30 heavy (non-hydrogen) atoms. The van der Waals surface area contributed by atoms with Crippen molar-refractivity contribution in [2.45, 2.75) is 6.92 Å². The van der Waals surface area contributed by atoms with Crippen molar-refractivity contribution in [3.8, 4) is 5.69 Å². The van der Waals surface area contributed by atoms with Crippen LogP contribution in [0.2, 0.25) is 5.02 Å². The van der Waals surface area contributed by atoms with Crippen LogP contribution in [-0.4, -0.2) is 21.5 Å². The second-order valence-electron chi connectivity index (χ2n) is 6.62. The summed E-state index contributed by atoms with van der Waals surface area (Å²) in [4.78, 5) is 27.2. The van der Waals surface area contributed by atoms with Crippen LogP contribution in [0.25, 0.3) is 11.8 Å². The normalized spacial score (nSPS) is 15.6. The topological polar surface area (TPSA) is 54.3 Å². The Bertz CT molecular complexity index is 1220. The van der Waals surface area contributed by atoms with Crippen LogP contribution in [0.4, 0.5) is 5.69 Å². The lowest BCUT2D eigenvalue weighted by molar-refractivity contribution is -0.122. The van der Waals surface area contributed by atoms with E-state index in [1.54, 1.807) is 31.2 Å². The molecular formula is C22H15ClIN3O2S. The zero-order valence-corrected chi connectivity index (χ0v) is 19.5. The van der Waals surface area contributed by atoms with Gasteiger partial charge >= 0.3 is 0 Å². The molecular weight excluding hydrogens is 533 g/mol. The number of carbonyl (C=O) groups excluding carboxylic acids is 2. The molecule has 1 aliphatic rings. The number of amides is 2. The summed E-state index contributed by atoms with van der Waals surface area (Å²) >= 11 is 13.7. The largest absolute Gasteiger partial charge is 0.317 e. The third kappa shape index (κ3) is 3.80.